The second kappa shape index (κ2) is 4.64. The summed E-state index contributed by atoms with van der Waals surface area (Å²) in [5.74, 6) is 0.598. The van der Waals surface area contributed by atoms with Crippen LogP contribution in [-0.4, -0.2) is 32.0 Å². The van der Waals surface area contributed by atoms with Crippen LogP contribution in [0.1, 0.15) is 44.2 Å². The van der Waals surface area contributed by atoms with E-state index in [-0.39, 0.29) is 10.8 Å². The van der Waals surface area contributed by atoms with Gasteiger partial charge in [-0.2, -0.15) is 0 Å². The summed E-state index contributed by atoms with van der Waals surface area (Å²) in [5.41, 5.74) is -0.0810. The van der Waals surface area contributed by atoms with Crippen LogP contribution in [0, 0.1) is 10.8 Å². The highest BCUT2D eigenvalue weighted by molar-refractivity contribution is 7.09. The van der Waals surface area contributed by atoms with Crippen molar-refractivity contribution in [1.29, 1.82) is 0 Å². The Labute approximate surface area is 130 Å². The molecule has 0 saturated carbocycles. The third-order valence-electron chi connectivity index (χ3n) is 6.05. The van der Waals surface area contributed by atoms with Crippen LogP contribution in [0.15, 0.2) is 17.5 Å². The molecule has 0 spiro atoms. The highest BCUT2D eigenvalue weighted by atomic mass is 32.1. The molecule has 21 heavy (non-hydrogen) atoms. The summed E-state index contributed by atoms with van der Waals surface area (Å²) in [6.45, 7) is 8.72. The Morgan fingerprint density at radius 1 is 1.29 bits per heavy atom. The molecule has 0 aliphatic carbocycles. The molecule has 2 unspecified atom stereocenters. The number of rotatable bonds is 4. The molecule has 2 N–H and O–H groups in total. The summed E-state index contributed by atoms with van der Waals surface area (Å²) in [5, 5.41) is 2.20. The van der Waals surface area contributed by atoms with Gasteiger partial charge in [0.2, 0.25) is 6.17 Å². The van der Waals surface area contributed by atoms with Crippen molar-refractivity contribution in [2.24, 2.45) is 10.8 Å². The molecular weight excluding hydrogens is 280 g/mol. The number of carbonyl (C=O) groups excluding carboxylic acids is 1. The van der Waals surface area contributed by atoms with E-state index in [9.17, 15) is 4.79 Å². The molecular formula is C17H26N2OS+2. The highest BCUT2D eigenvalue weighted by Gasteiger charge is 2.69. The van der Waals surface area contributed by atoms with Crippen LogP contribution in [0.25, 0.3) is 0 Å². The first-order valence-electron chi connectivity index (χ1n) is 8.35. The minimum atomic E-state index is -0.0668. The van der Waals surface area contributed by atoms with E-state index in [0.717, 1.165) is 32.6 Å². The lowest BCUT2D eigenvalue weighted by Crippen LogP contribution is -3.41. The minimum absolute atomic E-state index is 0.0142. The maximum absolute atomic E-state index is 13.1. The maximum atomic E-state index is 13.1. The Morgan fingerprint density at radius 3 is 2.57 bits per heavy atom. The summed E-state index contributed by atoms with van der Waals surface area (Å²) < 4.78 is 0. The topological polar surface area (TPSA) is 26.0 Å². The van der Waals surface area contributed by atoms with Gasteiger partial charge in [0.25, 0.3) is 0 Å². The first kappa shape index (κ1) is 13.9. The van der Waals surface area contributed by atoms with Crippen molar-refractivity contribution in [2.45, 2.75) is 39.3 Å². The van der Waals surface area contributed by atoms with Crippen molar-refractivity contribution in [3.05, 3.63) is 22.4 Å². The van der Waals surface area contributed by atoms with Gasteiger partial charge in [-0.3, -0.25) is 14.6 Å². The highest BCUT2D eigenvalue weighted by Crippen LogP contribution is 2.40. The monoisotopic (exact) mass is 306 g/mol. The molecule has 4 aliphatic rings. The zero-order valence-electron chi connectivity index (χ0n) is 13.1. The molecule has 4 bridgehead atoms. The van der Waals surface area contributed by atoms with E-state index in [4.69, 9.17) is 0 Å². The van der Waals surface area contributed by atoms with Crippen LogP contribution in [0.3, 0.4) is 0 Å². The van der Waals surface area contributed by atoms with Crippen molar-refractivity contribution < 1.29 is 14.6 Å². The first-order chi connectivity index (χ1) is 10.1. The third-order valence-corrected chi connectivity index (χ3v) is 6.99. The van der Waals surface area contributed by atoms with Crippen molar-refractivity contribution in [3.8, 4) is 0 Å². The number of hydrogen-bond acceptors (Lipinski definition) is 2. The summed E-state index contributed by atoms with van der Waals surface area (Å²) in [6, 6.07) is 4.46. The fourth-order valence-corrected chi connectivity index (χ4v) is 6.38. The number of ketones is 1. The Kier molecular flexibility index (Phi) is 3.08. The van der Waals surface area contributed by atoms with Gasteiger partial charge in [0, 0.05) is 0 Å². The number of carbonyl (C=O) groups is 1. The minimum Gasteiger partial charge on any atom is -0.297 e. The zero-order valence-corrected chi connectivity index (χ0v) is 13.9. The van der Waals surface area contributed by atoms with Gasteiger partial charge in [0.15, 0.2) is 5.78 Å². The van der Waals surface area contributed by atoms with E-state index in [1.54, 1.807) is 9.80 Å². The number of nitrogens with one attached hydrogen (secondary N) is 2. The summed E-state index contributed by atoms with van der Waals surface area (Å²) in [7, 11) is 0. The van der Waals surface area contributed by atoms with Crippen LogP contribution < -0.4 is 9.80 Å². The molecule has 0 amide bonds. The maximum Gasteiger partial charge on any atom is 0.249 e. The standard InChI is InChI=1S/C17H24N2OS/c1-3-4-7-17-11-18-9-16(2,15(17)20)10-19(12-17)14(18)13-6-5-8-21-13/h5-6,8,14H,3-4,7,9-12H2,1-2H3/p+2. The van der Waals surface area contributed by atoms with Gasteiger partial charge >= 0.3 is 0 Å². The molecule has 5 heterocycles. The van der Waals surface area contributed by atoms with Gasteiger partial charge in [-0.25, -0.2) is 0 Å². The molecule has 4 saturated heterocycles. The zero-order chi connectivity index (χ0) is 14.7. The fraction of sp³-hybridized carbons (Fsp3) is 0.706. The second-order valence-electron chi connectivity index (χ2n) is 7.75. The van der Waals surface area contributed by atoms with E-state index in [2.05, 4.69) is 31.4 Å². The molecule has 3 nitrogen and oxygen atoms in total. The SMILES string of the molecule is CCCCC12C[NH+]3CC(C)(C[NH+](C1)C3c1cccs1)C2=O. The molecule has 4 aliphatic heterocycles. The van der Waals surface area contributed by atoms with Crippen molar-refractivity contribution in [1.82, 2.24) is 0 Å². The molecule has 4 fully saturated rings. The Morgan fingerprint density at radius 2 is 2.00 bits per heavy atom. The average Bonchev–Trinajstić information content (AvgIpc) is 2.95. The molecule has 4 heteroatoms. The smallest absolute Gasteiger partial charge is 0.249 e. The Hall–Kier alpha value is -0.710. The van der Waals surface area contributed by atoms with Gasteiger partial charge < -0.3 is 0 Å². The van der Waals surface area contributed by atoms with Crippen LogP contribution in [-0.2, 0) is 4.79 Å². The van der Waals surface area contributed by atoms with Crippen molar-refractivity contribution >= 4 is 17.1 Å². The number of quaternary nitrogens is 2. The van der Waals surface area contributed by atoms with Crippen LogP contribution in [0.5, 0.6) is 0 Å². The van der Waals surface area contributed by atoms with Crippen molar-refractivity contribution in [3.63, 3.8) is 0 Å². The Balaban J connectivity index is 1.69. The fourth-order valence-electron chi connectivity index (χ4n) is 5.44. The molecule has 0 radical (unpaired) electrons. The van der Waals surface area contributed by atoms with Gasteiger partial charge in [-0.05, 0) is 24.8 Å². The second-order valence-corrected chi connectivity index (χ2v) is 8.72. The lowest BCUT2D eigenvalue weighted by molar-refractivity contribution is -1.18. The van der Waals surface area contributed by atoms with Gasteiger partial charge in [0.05, 0.1) is 0 Å². The molecule has 1 aromatic heterocycles. The summed E-state index contributed by atoms with van der Waals surface area (Å²) in [4.78, 5) is 17.9. The predicted octanol–water partition coefficient (Wildman–Crippen LogP) is 0.309. The molecule has 5 rings (SSSR count). The average molecular weight is 306 g/mol. The number of Topliss-reactive ketones (excluding diaryl/α,β-unsaturated/α-hetero) is 1. The van der Waals surface area contributed by atoms with E-state index >= 15 is 0 Å². The molecule has 1 aromatic rings. The molecule has 0 aromatic carbocycles. The number of unbranched alkanes of at least 4 members (excludes halogenated alkanes) is 1. The number of thiophene rings is 1. The summed E-state index contributed by atoms with van der Waals surface area (Å²) >= 11 is 1.89. The number of hydrogen-bond donors (Lipinski definition) is 2. The van der Waals surface area contributed by atoms with Gasteiger partial charge in [-0.1, -0.05) is 25.8 Å². The third kappa shape index (κ3) is 1.89. The van der Waals surface area contributed by atoms with Crippen LogP contribution >= 0.6 is 11.3 Å². The number of piperidine rings is 2. The lowest BCUT2D eigenvalue weighted by Gasteiger charge is -2.59. The Bertz CT molecular complexity index is 537. The van der Waals surface area contributed by atoms with E-state index < -0.39 is 0 Å². The predicted molar refractivity (Wildman–Crippen MR) is 83.5 cm³/mol. The molecule has 114 valence electrons. The largest absolute Gasteiger partial charge is 0.297 e. The van der Waals surface area contributed by atoms with Gasteiger partial charge in [-0.15, -0.1) is 11.3 Å². The normalized spacial score (nSPS) is 44.5. The van der Waals surface area contributed by atoms with E-state index in [1.165, 1.54) is 17.7 Å². The van der Waals surface area contributed by atoms with Crippen LogP contribution in [0.2, 0.25) is 0 Å². The lowest BCUT2D eigenvalue weighted by atomic mass is 9.59. The van der Waals surface area contributed by atoms with E-state index in [0.29, 0.717) is 11.9 Å². The van der Waals surface area contributed by atoms with Crippen molar-refractivity contribution in [2.75, 3.05) is 26.2 Å². The molecule has 2 atom stereocenters. The first-order valence-corrected chi connectivity index (χ1v) is 9.23. The quantitative estimate of drug-likeness (QED) is 0.823. The van der Waals surface area contributed by atoms with E-state index in [1.807, 2.05) is 11.3 Å². The summed E-state index contributed by atoms with van der Waals surface area (Å²) in [6.07, 6.45) is 4.10. The van der Waals surface area contributed by atoms with Crippen LogP contribution in [0.4, 0.5) is 0 Å². The van der Waals surface area contributed by atoms with Gasteiger partial charge in [0.1, 0.15) is 41.9 Å².